The van der Waals surface area contributed by atoms with E-state index >= 15 is 0 Å². The molecule has 1 amide bonds. The number of anilines is 1. The van der Waals surface area contributed by atoms with Crippen molar-refractivity contribution in [3.8, 4) is 0 Å². The number of hydrogen-bond donors (Lipinski definition) is 1. The van der Waals surface area contributed by atoms with Gasteiger partial charge in [-0.15, -0.1) is 0 Å². The first-order valence-electron chi connectivity index (χ1n) is 6.90. The first-order chi connectivity index (χ1) is 9.51. The van der Waals surface area contributed by atoms with Gasteiger partial charge in [-0.05, 0) is 18.2 Å². The highest BCUT2D eigenvalue weighted by Gasteiger charge is 2.35. The molecule has 1 fully saturated rings. The van der Waals surface area contributed by atoms with Crippen molar-refractivity contribution >= 4 is 23.5 Å². The van der Waals surface area contributed by atoms with Crippen molar-refractivity contribution in [1.82, 2.24) is 15.3 Å². The van der Waals surface area contributed by atoms with E-state index in [1.165, 1.54) is 0 Å². The molecule has 2 heterocycles. The molecule has 1 aliphatic rings. The monoisotopic (exact) mass is 294 g/mol. The molecular formula is C14H22N4OS. The summed E-state index contributed by atoms with van der Waals surface area (Å²) >= 11 is 1.54. The van der Waals surface area contributed by atoms with Gasteiger partial charge < -0.3 is 10.2 Å². The van der Waals surface area contributed by atoms with Crippen LogP contribution in [0.5, 0.6) is 0 Å². The summed E-state index contributed by atoms with van der Waals surface area (Å²) in [5, 5.41) is 3.86. The van der Waals surface area contributed by atoms with Crippen LogP contribution in [0.25, 0.3) is 0 Å². The highest BCUT2D eigenvalue weighted by atomic mass is 32.2. The zero-order valence-corrected chi connectivity index (χ0v) is 13.3. The summed E-state index contributed by atoms with van der Waals surface area (Å²) in [7, 11) is 0. The molecule has 0 radical (unpaired) electrons. The van der Waals surface area contributed by atoms with Crippen LogP contribution in [-0.4, -0.2) is 41.3 Å². The maximum atomic E-state index is 11.4. The maximum Gasteiger partial charge on any atom is 0.217 e. The topological polar surface area (TPSA) is 58.1 Å². The molecule has 5 nitrogen and oxygen atoms in total. The number of carbonyl (C=O) groups is 1. The number of amides is 1. The minimum Gasteiger partial charge on any atom is -0.354 e. The lowest BCUT2D eigenvalue weighted by Gasteiger charge is -2.21. The Bertz CT molecular complexity index is 480. The lowest BCUT2D eigenvalue weighted by atomic mass is 9.91. The van der Waals surface area contributed by atoms with Crippen molar-refractivity contribution < 1.29 is 4.79 Å². The first kappa shape index (κ1) is 15.1. The molecule has 0 aliphatic carbocycles. The normalized spacial score (nSPS) is 22.4. The van der Waals surface area contributed by atoms with Gasteiger partial charge in [0.2, 0.25) is 5.91 Å². The predicted octanol–water partition coefficient (Wildman–Crippen LogP) is 1.80. The fourth-order valence-electron chi connectivity index (χ4n) is 2.71. The average molecular weight is 294 g/mol. The molecule has 0 saturated carbocycles. The smallest absolute Gasteiger partial charge is 0.217 e. The molecular weight excluding hydrogens is 272 g/mol. The quantitative estimate of drug-likeness (QED) is 0.678. The van der Waals surface area contributed by atoms with Crippen LogP contribution in [-0.2, 0) is 4.79 Å². The van der Waals surface area contributed by atoms with E-state index in [0.717, 1.165) is 24.1 Å². The molecule has 0 bridgehead atoms. The van der Waals surface area contributed by atoms with Crippen molar-refractivity contribution in [1.29, 1.82) is 0 Å². The SMILES string of the molecule is CSc1nccc(N2C[C@@H](NC(C)=O)[C@H](C(C)C)C2)n1. The minimum atomic E-state index is 0.0370. The summed E-state index contributed by atoms with van der Waals surface area (Å²) in [6, 6.07) is 2.13. The van der Waals surface area contributed by atoms with Crippen LogP contribution in [0.4, 0.5) is 5.82 Å². The van der Waals surface area contributed by atoms with Gasteiger partial charge >= 0.3 is 0 Å². The zero-order chi connectivity index (χ0) is 14.7. The molecule has 1 saturated heterocycles. The lowest BCUT2D eigenvalue weighted by molar-refractivity contribution is -0.119. The Morgan fingerprint density at radius 2 is 2.25 bits per heavy atom. The predicted molar refractivity (Wildman–Crippen MR) is 82.0 cm³/mol. The summed E-state index contributed by atoms with van der Waals surface area (Å²) < 4.78 is 0. The highest BCUT2D eigenvalue weighted by Crippen LogP contribution is 2.28. The van der Waals surface area contributed by atoms with Gasteiger partial charge in [0.25, 0.3) is 0 Å². The molecule has 0 spiro atoms. The number of nitrogens with one attached hydrogen (secondary N) is 1. The van der Waals surface area contributed by atoms with Crippen molar-refractivity contribution in [3.05, 3.63) is 12.3 Å². The highest BCUT2D eigenvalue weighted by molar-refractivity contribution is 7.98. The van der Waals surface area contributed by atoms with E-state index in [2.05, 4.69) is 34.0 Å². The Kier molecular flexibility index (Phi) is 4.86. The molecule has 1 aromatic heterocycles. The Hall–Kier alpha value is -1.30. The number of rotatable bonds is 4. The molecule has 0 aromatic carbocycles. The van der Waals surface area contributed by atoms with Crippen LogP contribution < -0.4 is 10.2 Å². The van der Waals surface area contributed by atoms with Crippen LogP contribution in [0.1, 0.15) is 20.8 Å². The molecule has 0 unspecified atom stereocenters. The molecule has 1 N–H and O–H groups in total. The summed E-state index contributed by atoms with van der Waals surface area (Å²) in [4.78, 5) is 22.3. The van der Waals surface area contributed by atoms with Gasteiger partial charge in [0.05, 0.1) is 6.04 Å². The summed E-state index contributed by atoms with van der Waals surface area (Å²) in [6.45, 7) is 7.73. The summed E-state index contributed by atoms with van der Waals surface area (Å²) in [5.41, 5.74) is 0. The second kappa shape index (κ2) is 6.43. The van der Waals surface area contributed by atoms with Crippen LogP contribution in [0.3, 0.4) is 0 Å². The third kappa shape index (κ3) is 3.42. The van der Waals surface area contributed by atoms with Gasteiger partial charge in [-0.2, -0.15) is 0 Å². The Morgan fingerprint density at radius 1 is 1.50 bits per heavy atom. The maximum absolute atomic E-state index is 11.4. The Balaban J connectivity index is 2.16. The van der Waals surface area contributed by atoms with Crippen LogP contribution >= 0.6 is 11.8 Å². The van der Waals surface area contributed by atoms with Crippen LogP contribution in [0.2, 0.25) is 0 Å². The first-order valence-corrected chi connectivity index (χ1v) is 8.12. The molecule has 6 heteroatoms. The zero-order valence-electron chi connectivity index (χ0n) is 12.5. The number of hydrogen-bond acceptors (Lipinski definition) is 5. The standard InChI is InChI=1S/C14H22N4OS/c1-9(2)11-7-18(8-12(11)16-10(3)19)13-5-6-15-14(17-13)20-4/h5-6,9,11-12H,7-8H2,1-4H3,(H,16,19)/t11-,12+/m0/s1. The second-order valence-corrected chi connectivity index (χ2v) is 6.29. The van der Waals surface area contributed by atoms with Crippen molar-refractivity contribution in [2.24, 2.45) is 11.8 Å². The van der Waals surface area contributed by atoms with E-state index in [9.17, 15) is 4.79 Å². The van der Waals surface area contributed by atoms with Gasteiger partial charge in [-0.1, -0.05) is 25.6 Å². The van der Waals surface area contributed by atoms with Gasteiger partial charge in [-0.25, -0.2) is 9.97 Å². The number of aromatic nitrogens is 2. The van der Waals surface area contributed by atoms with Crippen molar-refractivity contribution in [2.45, 2.75) is 32.0 Å². The lowest BCUT2D eigenvalue weighted by Crippen LogP contribution is -2.40. The van der Waals surface area contributed by atoms with Crippen LogP contribution in [0, 0.1) is 11.8 Å². The van der Waals surface area contributed by atoms with E-state index in [0.29, 0.717) is 11.8 Å². The number of carbonyl (C=O) groups excluding carboxylic acids is 1. The summed E-state index contributed by atoms with van der Waals surface area (Å²) in [6.07, 6.45) is 3.77. The third-order valence-corrected chi connectivity index (χ3v) is 4.30. The Labute approximate surface area is 124 Å². The van der Waals surface area contributed by atoms with Crippen molar-refractivity contribution in [3.63, 3.8) is 0 Å². The number of nitrogens with zero attached hydrogens (tertiary/aromatic N) is 3. The van der Waals surface area contributed by atoms with E-state index < -0.39 is 0 Å². The summed E-state index contributed by atoms with van der Waals surface area (Å²) in [5.74, 6) is 1.96. The molecule has 2 rings (SSSR count). The van der Waals surface area contributed by atoms with Gasteiger partial charge in [0, 0.05) is 32.1 Å². The molecule has 110 valence electrons. The van der Waals surface area contributed by atoms with Gasteiger partial charge in [0.1, 0.15) is 5.82 Å². The molecule has 2 atom stereocenters. The second-order valence-electron chi connectivity index (χ2n) is 5.52. The van der Waals surface area contributed by atoms with Gasteiger partial charge in [-0.3, -0.25) is 4.79 Å². The molecule has 20 heavy (non-hydrogen) atoms. The van der Waals surface area contributed by atoms with E-state index in [-0.39, 0.29) is 11.9 Å². The fourth-order valence-corrected chi connectivity index (χ4v) is 3.06. The number of thioether (sulfide) groups is 1. The molecule has 1 aromatic rings. The fraction of sp³-hybridized carbons (Fsp3) is 0.643. The average Bonchev–Trinajstić information content (AvgIpc) is 2.82. The van der Waals surface area contributed by atoms with E-state index in [4.69, 9.17) is 0 Å². The van der Waals surface area contributed by atoms with E-state index in [1.54, 1.807) is 24.9 Å². The van der Waals surface area contributed by atoms with Gasteiger partial charge in [0.15, 0.2) is 5.16 Å². The van der Waals surface area contributed by atoms with E-state index in [1.807, 2.05) is 12.3 Å². The Morgan fingerprint density at radius 3 is 2.85 bits per heavy atom. The minimum absolute atomic E-state index is 0.0370. The third-order valence-electron chi connectivity index (χ3n) is 3.74. The van der Waals surface area contributed by atoms with Crippen molar-refractivity contribution in [2.75, 3.05) is 24.2 Å². The molecule has 1 aliphatic heterocycles. The largest absolute Gasteiger partial charge is 0.354 e. The van der Waals surface area contributed by atoms with Crippen LogP contribution in [0.15, 0.2) is 17.4 Å².